The number of sulfonamides is 1. The number of H-pyrrole nitrogens is 1. The molecule has 2 aromatic rings. The minimum Gasteiger partial charge on any atom is -0.325 e. The zero-order valence-electron chi connectivity index (χ0n) is 10.8. The molecule has 0 atom stereocenters. The van der Waals surface area contributed by atoms with Crippen LogP contribution in [0, 0.1) is 6.92 Å². The first-order valence-corrected chi connectivity index (χ1v) is 8.01. The number of rotatable bonds is 5. The fourth-order valence-electron chi connectivity index (χ4n) is 1.81. The average molecular weight is 300 g/mol. The number of aromatic nitrogens is 2. The minimum absolute atomic E-state index is 0.0890. The SMILES string of the molecule is Cc1[nH]nc(CN)c1S(=O)(=O)N(C)Cc1cccs1. The van der Waals surface area contributed by atoms with E-state index in [1.54, 1.807) is 14.0 Å². The molecule has 8 heteroatoms. The van der Waals surface area contributed by atoms with Crippen LogP contribution in [0.2, 0.25) is 0 Å². The van der Waals surface area contributed by atoms with Crippen LogP contribution >= 0.6 is 11.3 Å². The maximum absolute atomic E-state index is 12.5. The zero-order valence-corrected chi connectivity index (χ0v) is 12.4. The van der Waals surface area contributed by atoms with Gasteiger partial charge in [-0.05, 0) is 18.4 Å². The minimum atomic E-state index is -3.58. The number of aryl methyl sites for hydroxylation is 1. The van der Waals surface area contributed by atoms with Gasteiger partial charge in [0.15, 0.2) is 0 Å². The quantitative estimate of drug-likeness (QED) is 0.863. The highest BCUT2D eigenvalue weighted by molar-refractivity contribution is 7.89. The Labute approximate surface area is 116 Å². The van der Waals surface area contributed by atoms with Crippen LogP contribution in [-0.4, -0.2) is 30.0 Å². The molecule has 0 aliphatic carbocycles. The first-order valence-electron chi connectivity index (χ1n) is 5.69. The van der Waals surface area contributed by atoms with E-state index in [4.69, 9.17) is 5.73 Å². The summed E-state index contributed by atoms with van der Waals surface area (Å²) in [6, 6.07) is 3.80. The van der Waals surface area contributed by atoms with Gasteiger partial charge in [-0.15, -0.1) is 11.3 Å². The molecule has 19 heavy (non-hydrogen) atoms. The van der Waals surface area contributed by atoms with Crippen LogP contribution in [0.15, 0.2) is 22.4 Å². The Morgan fingerprint density at radius 2 is 2.26 bits per heavy atom. The molecule has 0 saturated heterocycles. The van der Waals surface area contributed by atoms with Gasteiger partial charge in [-0.3, -0.25) is 5.10 Å². The van der Waals surface area contributed by atoms with E-state index in [-0.39, 0.29) is 11.4 Å². The molecule has 2 aromatic heterocycles. The lowest BCUT2D eigenvalue weighted by Gasteiger charge is -2.16. The number of hydrogen-bond acceptors (Lipinski definition) is 5. The van der Waals surface area contributed by atoms with Gasteiger partial charge < -0.3 is 5.73 Å². The van der Waals surface area contributed by atoms with Gasteiger partial charge in [0.2, 0.25) is 10.0 Å². The second kappa shape index (κ2) is 5.41. The molecule has 0 amide bonds. The van der Waals surface area contributed by atoms with Crippen molar-refractivity contribution in [2.45, 2.75) is 24.9 Å². The lowest BCUT2D eigenvalue weighted by molar-refractivity contribution is 0.468. The van der Waals surface area contributed by atoms with E-state index in [1.165, 1.54) is 15.6 Å². The third kappa shape index (κ3) is 2.71. The molecular formula is C11H16N4O2S2. The van der Waals surface area contributed by atoms with E-state index in [9.17, 15) is 8.42 Å². The predicted octanol–water partition coefficient (Wildman–Crippen LogP) is 1.06. The van der Waals surface area contributed by atoms with Crippen molar-refractivity contribution in [2.24, 2.45) is 5.73 Å². The number of thiophene rings is 1. The summed E-state index contributed by atoms with van der Waals surface area (Å²) in [5.41, 5.74) is 6.42. The van der Waals surface area contributed by atoms with Crippen molar-refractivity contribution >= 4 is 21.4 Å². The number of nitrogens with two attached hydrogens (primary N) is 1. The first-order chi connectivity index (χ1) is 8.96. The van der Waals surface area contributed by atoms with E-state index in [2.05, 4.69) is 10.2 Å². The molecule has 0 aliphatic heterocycles. The van der Waals surface area contributed by atoms with E-state index >= 15 is 0 Å². The summed E-state index contributed by atoms with van der Waals surface area (Å²) in [4.78, 5) is 1.18. The molecule has 0 unspecified atom stereocenters. The van der Waals surface area contributed by atoms with Crippen molar-refractivity contribution in [3.05, 3.63) is 33.8 Å². The fourth-order valence-corrected chi connectivity index (χ4v) is 4.13. The molecule has 3 N–H and O–H groups in total. The van der Waals surface area contributed by atoms with Crippen LogP contribution in [0.4, 0.5) is 0 Å². The number of nitrogens with zero attached hydrogens (tertiary/aromatic N) is 2. The second-order valence-electron chi connectivity index (χ2n) is 4.17. The van der Waals surface area contributed by atoms with Crippen molar-refractivity contribution in [3.63, 3.8) is 0 Å². The number of aromatic amines is 1. The topological polar surface area (TPSA) is 92.1 Å². The Morgan fingerprint density at radius 3 is 2.84 bits per heavy atom. The van der Waals surface area contributed by atoms with Crippen LogP contribution in [0.25, 0.3) is 0 Å². The van der Waals surface area contributed by atoms with E-state index in [1.807, 2.05) is 17.5 Å². The highest BCUT2D eigenvalue weighted by atomic mass is 32.2. The Balaban J connectivity index is 2.33. The van der Waals surface area contributed by atoms with Crippen molar-refractivity contribution in [1.29, 1.82) is 0 Å². The van der Waals surface area contributed by atoms with Crippen LogP contribution in [0.5, 0.6) is 0 Å². The van der Waals surface area contributed by atoms with Crippen molar-refractivity contribution in [1.82, 2.24) is 14.5 Å². The Hall–Kier alpha value is -1.22. The van der Waals surface area contributed by atoms with Crippen molar-refractivity contribution < 1.29 is 8.42 Å². The summed E-state index contributed by atoms with van der Waals surface area (Å²) in [7, 11) is -2.02. The van der Waals surface area contributed by atoms with Gasteiger partial charge in [0.25, 0.3) is 0 Å². The molecule has 6 nitrogen and oxygen atoms in total. The molecule has 0 aliphatic rings. The van der Waals surface area contributed by atoms with Crippen LogP contribution < -0.4 is 5.73 Å². The first kappa shape index (κ1) is 14.2. The predicted molar refractivity (Wildman–Crippen MR) is 74.2 cm³/mol. The Morgan fingerprint density at radius 1 is 1.53 bits per heavy atom. The average Bonchev–Trinajstić information content (AvgIpc) is 2.98. The van der Waals surface area contributed by atoms with E-state index in [0.29, 0.717) is 17.9 Å². The maximum Gasteiger partial charge on any atom is 0.246 e. The monoisotopic (exact) mass is 300 g/mol. The summed E-state index contributed by atoms with van der Waals surface area (Å²) >= 11 is 1.52. The summed E-state index contributed by atoms with van der Waals surface area (Å²) in [5, 5.41) is 8.52. The van der Waals surface area contributed by atoms with Gasteiger partial charge >= 0.3 is 0 Å². The third-order valence-corrected chi connectivity index (χ3v) is 5.65. The molecule has 0 spiro atoms. The zero-order chi connectivity index (χ0) is 14.0. The normalized spacial score (nSPS) is 12.2. The highest BCUT2D eigenvalue weighted by Crippen LogP contribution is 2.23. The van der Waals surface area contributed by atoms with Gasteiger partial charge in [-0.1, -0.05) is 6.07 Å². The summed E-state index contributed by atoms with van der Waals surface area (Å²) in [6.45, 7) is 2.11. The lowest BCUT2D eigenvalue weighted by atomic mass is 10.4. The van der Waals surface area contributed by atoms with Crippen molar-refractivity contribution in [3.8, 4) is 0 Å². The fraction of sp³-hybridized carbons (Fsp3) is 0.364. The molecule has 0 aromatic carbocycles. The van der Waals surface area contributed by atoms with Gasteiger partial charge in [0.05, 0.1) is 11.4 Å². The standard InChI is InChI=1S/C11H16N4O2S2/c1-8-11(10(6-12)14-13-8)19(16,17)15(2)7-9-4-3-5-18-9/h3-5H,6-7,12H2,1-2H3,(H,13,14). The third-order valence-electron chi connectivity index (χ3n) is 2.78. The lowest BCUT2D eigenvalue weighted by Crippen LogP contribution is -2.27. The van der Waals surface area contributed by atoms with Crippen molar-refractivity contribution in [2.75, 3.05) is 7.05 Å². The highest BCUT2D eigenvalue weighted by Gasteiger charge is 2.28. The molecule has 104 valence electrons. The summed E-state index contributed by atoms with van der Waals surface area (Å²) in [5.74, 6) is 0. The van der Waals surface area contributed by atoms with E-state index < -0.39 is 10.0 Å². The molecule has 2 rings (SSSR count). The second-order valence-corrected chi connectivity index (χ2v) is 7.18. The molecular weight excluding hydrogens is 284 g/mol. The van der Waals surface area contributed by atoms with Crippen LogP contribution in [0.3, 0.4) is 0 Å². The van der Waals surface area contributed by atoms with Crippen LogP contribution in [-0.2, 0) is 23.1 Å². The molecule has 0 radical (unpaired) electrons. The van der Waals surface area contributed by atoms with Gasteiger partial charge in [0.1, 0.15) is 4.90 Å². The van der Waals surface area contributed by atoms with Gasteiger partial charge in [0, 0.05) is 25.0 Å². The largest absolute Gasteiger partial charge is 0.325 e. The van der Waals surface area contributed by atoms with Gasteiger partial charge in [-0.25, -0.2) is 8.42 Å². The number of hydrogen-bond donors (Lipinski definition) is 2. The molecule has 0 fully saturated rings. The molecule has 0 bridgehead atoms. The number of nitrogens with one attached hydrogen (secondary N) is 1. The Bertz CT molecular complexity index is 646. The smallest absolute Gasteiger partial charge is 0.246 e. The summed E-state index contributed by atoms with van der Waals surface area (Å²) < 4.78 is 26.4. The summed E-state index contributed by atoms with van der Waals surface area (Å²) in [6.07, 6.45) is 0. The van der Waals surface area contributed by atoms with Crippen LogP contribution in [0.1, 0.15) is 16.3 Å². The molecule has 2 heterocycles. The Kier molecular flexibility index (Phi) is 4.04. The molecule has 0 saturated carbocycles. The maximum atomic E-state index is 12.5. The van der Waals surface area contributed by atoms with Gasteiger partial charge in [-0.2, -0.15) is 9.40 Å². The van der Waals surface area contributed by atoms with E-state index in [0.717, 1.165) is 4.88 Å².